The van der Waals surface area contributed by atoms with Gasteiger partial charge < -0.3 is 0 Å². The Bertz CT molecular complexity index is 1800. The molecular formula is C33H20FN. The van der Waals surface area contributed by atoms with Gasteiger partial charge in [0.15, 0.2) is 0 Å². The molecule has 0 atom stereocenters. The molecule has 0 amide bonds. The van der Waals surface area contributed by atoms with Crippen molar-refractivity contribution in [2.75, 3.05) is 0 Å². The summed E-state index contributed by atoms with van der Waals surface area (Å²) in [7, 11) is 0. The molecule has 0 unspecified atom stereocenters. The van der Waals surface area contributed by atoms with E-state index in [9.17, 15) is 4.39 Å². The van der Waals surface area contributed by atoms with Gasteiger partial charge in [-0.05, 0) is 84.9 Å². The summed E-state index contributed by atoms with van der Waals surface area (Å²) in [6.45, 7) is 0. The van der Waals surface area contributed by atoms with Crippen molar-refractivity contribution in [2.45, 2.75) is 0 Å². The minimum Gasteiger partial charge on any atom is -0.256 e. The summed E-state index contributed by atoms with van der Waals surface area (Å²) in [6, 6.07) is 38.9. The third-order valence-electron chi connectivity index (χ3n) is 6.96. The molecule has 1 aromatic heterocycles. The first-order valence-electron chi connectivity index (χ1n) is 11.7. The van der Waals surface area contributed by atoms with E-state index in [0.717, 1.165) is 27.9 Å². The van der Waals surface area contributed by atoms with Crippen LogP contribution in [-0.4, -0.2) is 4.98 Å². The van der Waals surface area contributed by atoms with Crippen molar-refractivity contribution in [1.29, 1.82) is 0 Å². The van der Waals surface area contributed by atoms with E-state index in [-0.39, 0.29) is 5.82 Å². The minimum absolute atomic E-state index is 0.225. The molecule has 0 aliphatic heterocycles. The van der Waals surface area contributed by atoms with Crippen LogP contribution in [0.3, 0.4) is 0 Å². The quantitative estimate of drug-likeness (QED) is 0.245. The third-order valence-corrected chi connectivity index (χ3v) is 6.96. The highest BCUT2D eigenvalue weighted by Gasteiger charge is 2.16. The lowest BCUT2D eigenvalue weighted by atomic mass is 9.85. The van der Waals surface area contributed by atoms with E-state index in [1.807, 2.05) is 36.5 Å². The van der Waals surface area contributed by atoms with Crippen molar-refractivity contribution < 1.29 is 4.39 Å². The Morgan fingerprint density at radius 2 is 1.09 bits per heavy atom. The van der Waals surface area contributed by atoms with Crippen LogP contribution in [0.1, 0.15) is 0 Å². The zero-order chi connectivity index (χ0) is 23.4. The summed E-state index contributed by atoms with van der Waals surface area (Å²) in [5, 5.41) is 7.40. The molecular weight excluding hydrogens is 429 g/mol. The lowest BCUT2D eigenvalue weighted by Crippen LogP contribution is -1.91. The first kappa shape index (κ1) is 19.9. The number of benzene rings is 6. The second-order valence-electron chi connectivity index (χ2n) is 8.95. The van der Waals surface area contributed by atoms with Gasteiger partial charge in [0.25, 0.3) is 0 Å². The van der Waals surface area contributed by atoms with E-state index in [1.54, 1.807) is 0 Å². The largest absolute Gasteiger partial charge is 0.256 e. The van der Waals surface area contributed by atoms with Gasteiger partial charge in [0.2, 0.25) is 0 Å². The van der Waals surface area contributed by atoms with Crippen molar-refractivity contribution in [3.63, 3.8) is 0 Å². The highest BCUT2D eigenvalue weighted by Crippen LogP contribution is 2.44. The summed E-state index contributed by atoms with van der Waals surface area (Å²) in [4.78, 5) is 4.49. The zero-order valence-corrected chi connectivity index (χ0v) is 18.9. The van der Waals surface area contributed by atoms with Crippen LogP contribution in [0.25, 0.3) is 65.8 Å². The molecule has 7 rings (SSSR count). The number of rotatable bonds is 3. The standard InChI is InChI=1S/C33H20FN/c34-26-15-11-22(12-16-26)30-20-29(21-7-9-23(10-8-21)31-6-1-2-19-35-31)27-17-13-24-4-3-5-25-14-18-28(30)33(27)32(24)25/h1-20H. The maximum Gasteiger partial charge on any atom is 0.123 e. The van der Waals surface area contributed by atoms with Crippen LogP contribution < -0.4 is 0 Å². The monoisotopic (exact) mass is 449 g/mol. The van der Waals surface area contributed by atoms with Crippen molar-refractivity contribution in [3.8, 4) is 33.5 Å². The molecule has 0 radical (unpaired) electrons. The van der Waals surface area contributed by atoms with E-state index in [0.29, 0.717) is 0 Å². The third kappa shape index (κ3) is 3.18. The Hall–Kier alpha value is -4.56. The molecule has 1 heterocycles. The molecule has 0 fully saturated rings. The Morgan fingerprint density at radius 3 is 1.69 bits per heavy atom. The molecule has 0 bridgehead atoms. The van der Waals surface area contributed by atoms with Gasteiger partial charge in [-0.1, -0.05) is 84.9 Å². The van der Waals surface area contributed by atoms with E-state index in [2.05, 4.69) is 77.8 Å². The number of pyridine rings is 1. The first-order valence-corrected chi connectivity index (χ1v) is 11.7. The molecule has 0 aliphatic carbocycles. The zero-order valence-electron chi connectivity index (χ0n) is 18.9. The molecule has 0 saturated carbocycles. The molecule has 2 heteroatoms. The number of aromatic nitrogens is 1. The lowest BCUT2D eigenvalue weighted by Gasteiger charge is -2.18. The molecule has 6 aromatic carbocycles. The van der Waals surface area contributed by atoms with Gasteiger partial charge in [-0.25, -0.2) is 4.39 Å². The molecule has 0 aliphatic rings. The van der Waals surface area contributed by atoms with E-state index >= 15 is 0 Å². The Kier molecular flexibility index (Phi) is 4.40. The first-order chi connectivity index (χ1) is 17.3. The second-order valence-corrected chi connectivity index (χ2v) is 8.95. The lowest BCUT2D eigenvalue weighted by molar-refractivity contribution is 0.628. The number of nitrogens with zero attached hydrogens (tertiary/aromatic N) is 1. The van der Waals surface area contributed by atoms with Gasteiger partial charge in [-0.3, -0.25) is 4.98 Å². The van der Waals surface area contributed by atoms with Crippen molar-refractivity contribution in [2.24, 2.45) is 0 Å². The van der Waals surface area contributed by atoms with Gasteiger partial charge in [0.1, 0.15) is 5.82 Å². The Balaban J connectivity index is 1.53. The molecule has 0 N–H and O–H groups in total. The van der Waals surface area contributed by atoms with Gasteiger partial charge in [-0.15, -0.1) is 0 Å². The smallest absolute Gasteiger partial charge is 0.123 e. The molecule has 0 saturated heterocycles. The van der Waals surface area contributed by atoms with E-state index in [1.165, 1.54) is 50.0 Å². The van der Waals surface area contributed by atoms with Crippen molar-refractivity contribution in [3.05, 3.63) is 127 Å². The topological polar surface area (TPSA) is 12.9 Å². The maximum atomic E-state index is 13.8. The van der Waals surface area contributed by atoms with Crippen LogP contribution in [-0.2, 0) is 0 Å². The van der Waals surface area contributed by atoms with Crippen molar-refractivity contribution >= 4 is 32.3 Å². The Labute approximate surface area is 202 Å². The average Bonchev–Trinajstić information content (AvgIpc) is 2.92. The fraction of sp³-hybridized carbons (Fsp3) is 0. The van der Waals surface area contributed by atoms with Gasteiger partial charge in [0.05, 0.1) is 5.69 Å². The molecule has 0 spiro atoms. The van der Waals surface area contributed by atoms with Crippen molar-refractivity contribution in [1.82, 2.24) is 4.98 Å². The maximum absolute atomic E-state index is 13.8. The molecule has 1 nitrogen and oxygen atoms in total. The van der Waals surface area contributed by atoms with Crippen LogP contribution in [0.15, 0.2) is 121 Å². The fourth-order valence-corrected chi connectivity index (χ4v) is 5.29. The Morgan fingerprint density at radius 1 is 0.486 bits per heavy atom. The van der Waals surface area contributed by atoms with Crippen LogP contribution in [0, 0.1) is 5.82 Å². The van der Waals surface area contributed by atoms with Crippen LogP contribution in [0.4, 0.5) is 4.39 Å². The summed E-state index contributed by atoms with van der Waals surface area (Å²) in [5.74, 6) is -0.225. The van der Waals surface area contributed by atoms with E-state index in [4.69, 9.17) is 0 Å². The number of halogens is 1. The number of hydrogen-bond donors (Lipinski definition) is 0. The molecule has 35 heavy (non-hydrogen) atoms. The summed E-state index contributed by atoms with van der Waals surface area (Å²) < 4.78 is 13.8. The van der Waals surface area contributed by atoms with Crippen LogP contribution in [0.2, 0.25) is 0 Å². The number of hydrogen-bond acceptors (Lipinski definition) is 1. The average molecular weight is 450 g/mol. The summed E-state index contributed by atoms with van der Waals surface area (Å²) in [6.07, 6.45) is 1.82. The second kappa shape index (κ2) is 7.75. The fourth-order valence-electron chi connectivity index (χ4n) is 5.29. The van der Waals surface area contributed by atoms with Crippen LogP contribution >= 0.6 is 0 Å². The molecule has 164 valence electrons. The highest BCUT2D eigenvalue weighted by molar-refractivity contribution is 6.28. The van der Waals surface area contributed by atoms with Gasteiger partial charge in [-0.2, -0.15) is 0 Å². The molecule has 7 aromatic rings. The summed E-state index contributed by atoms with van der Waals surface area (Å²) >= 11 is 0. The van der Waals surface area contributed by atoms with Gasteiger partial charge in [0, 0.05) is 11.8 Å². The normalized spacial score (nSPS) is 11.6. The predicted octanol–water partition coefficient (Wildman–Crippen LogP) is 9.12. The van der Waals surface area contributed by atoms with Gasteiger partial charge >= 0.3 is 0 Å². The minimum atomic E-state index is -0.225. The SMILES string of the molecule is Fc1ccc(-c2cc(-c3ccc(-c4ccccn4)cc3)c3ccc4cccc5ccc2c3c54)cc1. The van der Waals surface area contributed by atoms with Crippen LogP contribution in [0.5, 0.6) is 0 Å². The predicted molar refractivity (Wildman–Crippen MR) is 144 cm³/mol. The highest BCUT2D eigenvalue weighted by atomic mass is 19.1. The summed E-state index contributed by atoms with van der Waals surface area (Å²) in [5.41, 5.74) is 6.48. The van der Waals surface area contributed by atoms with E-state index < -0.39 is 0 Å².